The second-order valence-electron chi connectivity index (χ2n) is 7.65. The molecule has 3 nitrogen and oxygen atoms in total. The van der Waals surface area contributed by atoms with Crippen LogP contribution < -0.4 is 5.32 Å². The van der Waals surface area contributed by atoms with Crippen molar-refractivity contribution >= 4 is 17.7 Å². The molecular formula is C24H28N2O. The minimum absolute atomic E-state index is 0.0676. The zero-order chi connectivity index (χ0) is 20.0. The number of nitrogens with zero attached hydrogens (tertiary/aromatic N) is 1. The SMILES string of the molecule is CCc1cccc(CC)c1NC(=O)C(C#N)=Cc1ccc(C(C)(C)C)cc1. The molecule has 0 atom stereocenters. The first-order valence-electron chi connectivity index (χ1n) is 9.44. The van der Waals surface area contributed by atoms with Crippen molar-refractivity contribution in [3.8, 4) is 6.07 Å². The number of hydrogen-bond acceptors (Lipinski definition) is 2. The van der Waals surface area contributed by atoms with Crippen LogP contribution in [0.1, 0.15) is 56.9 Å². The van der Waals surface area contributed by atoms with E-state index >= 15 is 0 Å². The van der Waals surface area contributed by atoms with Gasteiger partial charge in [-0.1, -0.05) is 77.1 Å². The van der Waals surface area contributed by atoms with Crippen LogP contribution in [0.3, 0.4) is 0 Å². The third kappa shape index (κ3) is 5.08. The molecule has 0 aliphatic heterocycles. The minimum atomic E-state index is -0.368. The van der Waals surface area contributed by atoms with Crippen molar-refractivity contribution < 1.29 is 4.79 Å². The van der Waals surface area contributed by atoms with Gasteiger partial charge in [-0.3, -0.25) is 4.79 Å². The maximum Gasteiger partial charge on any atom is 0.266 e. The number of anilines is 1. The van der Waals surface area contributed by atoms with E-state index in [1.54, 1.807) is 6.08 Å². The summed E-state index contributed by atoms with van der Waals surface area (Å²) in [6.45, 7) is 10.6. The summed E-state index contributed by atoms with van der Waals surface area (Å²) < 4.78 is 0. The van der Waals surface area contributed by atoms with Gasteiger partial charge in [0.2, 0.25) is 0 Å². The highest BCUT2D eigenvalue weighted by Crippen LogP contribution is 2.25. The van der Waals surface area contributed by atoms with Gasteiger partial charge in [-0.25, -0.2) is 0 Å². The van der Waals surface area contributed by atoms with Crippen molar-refractivity contribution in [1.29, 1.82) is 5.26 Å². The lowest BCUT2D eigenvalue weighted by Gasteiger charge is -2.18. The van der Waals surface area contributed by atoms with Crippen LogP contribution in [0.25, 0.3) is 6.08 Å². The number of para-hydroxylation sites is 1. The number of aryl methyl sites for hydroxylation is 2. The second-order valence-corrected chi connectivity index (χ2v) is 7.65. The monoisotopic (exact) mass is 360 g/mol. The summed E-state index contributed by atoms with van der Waals surface area (Å²) in [5.74, 6) is -0.368. The van der Waals surface area contributed by atoms with E-state index in [-0.39, 0.29) is 16.9 Å². The van der Waals surface area contributed by atoms with E-state index in [1.807, 2.05) is 48.5 Å². The normalized spacial score (nSPS) is 11.8. The van der Waals surface area contributed by atoms with E-state index in [4.69, 9.17) is 0 Å². The van der Waals surface area contributed by atoms with Gasteiger partial charge in [0.25, 0.3) is 5.91 Å². The van der Waals surface area contributed by atoms with Crippen molar-refractivity contribution in [1.82, 2.24) is 0 Å². The first-order chi connectivity index (χ1) is 12.8. The largest absolute Gasteiger partial charge is 0.321 e. The predicted octanol–water partition coefficient (Wildman–Crippen LogP) is 5.65. The summed E-state index contributed by atoms with van der Waals surface area (Å²) in [6, 6.07) is 16.0. The van der Waals surface area contributed by atoms with Gasteiger partial charge in [0.15, 0.2) is 0 Å². The van der Waals surface area contributed by atoms with E-state index in [0.29, 0.717) is 0 Å². The molecule has 0 fully saturated rings. The average molecular weight is 361 g/mol. The number of hydrogen-bond donors (Lipinski definition) is 1. The highest BCUT2D eigenvalue weighted by Gasteiger charge is 2.15. The van der Waals surface area contributed by atoms with Crippen LogP contribution in [-0.4, -0.2) is 5.91 Å². The van der Waals surface area contributed by atoms with Gasteiger partial charge in [0.05, 0.1) is 0 Å². The molecule has 2 aromatic carbocycles. The van der Waals surface area contributed by atoms with Crippen LogP contribution in [0.15, 0.2) is 48.0 Å². The fourth-order valence-electron chi connectivity index (χ4n) is 2.98. The number of nitriles is 1. The number of carbonyl (C=O) groups excluding carboxylic acids is 1. The van der Waals surface area contributed by atoms with Gasteiger partial charge < -0.3 is 5.32 Å². The molecule has 1 amide bonds. The lowest BCUT2D eigenvalue weighted by molar-refractivity contribution is -0.112. The molecule has 3 heteroatoms. The molecule has 140 valence electrons. The maximum absolute atomic E-state index is 12.7. The topological polar surface area (TPSA) is 52.9 Å². The number of benzene rings is 2. The summed E-state index contributed by atoms with van der Waals surface area (Å²) in [5.41, 5.74) is 5.21. The number of nitrogens with one attached hydrogen (secondary N) is 1. The lowest BCUT2D eigenvalue weighted by Crippen LogP contribution is -2.16. The molecule has 1 N–H and O–H groups in total. The van der Waals surface area contributed by atoms with Crippen LogP contribution in [0.4, 0.5) is 5.69 Å². The molecule has 0 spiro atoms. The fourth-order valence-corrected chi connectivity index (χ4v) is 2.98. The standard InChI is InChI=1S/C24H28N2O/c1-6-18-9-8-10-19(7-2)22(18)26-23(27)20(16-25)15-17-11-13-21(14-12-17)24(3,4)5/h8-15H,6-7H2,1-5H3,(H,26,27). The Hall–Kier alpha value is -2.86. The third-order valence-corrected chi connectivity index (χ3v) is 4.69. The van der Waals surface area contributed by atoms with Gasteiger partial charge in [-0.05, 0) is 46.6 Å². The van der Waals surface area contributed by atoms with Gasteiger partial charge in [0.1, 0.15) is 11.6 Å². The lowest BCUT2D eigenvalue weighted by atomic mass is 9.86. The average Bonchev–Trinajstić information content (AvgIpc) is 2.65. The maximum atomic E-state index is 12.7. The van der Waals surface area contributed by atoms with Crippen LogP contribution >= 0.6 is 0 Å². The quantitative estimate of drug-likeness (QED) is 0.553. The first kappa shape index (κ1) is 20.5. The summed E-state index contributed by atoms with van der Waals surface area (Å²) >= 11 is 0. The first-order valence-corrected chi connectivity index (χ1v) is 9.44. The van der Waals surface area contributed by atoms with Crippen molar-refractivity contribution in [2.45, 2.75) is 52.9 Å². The van der Waals surface area contributed by atoms with E-state index in [0.717, 1.165) is 35.2 Å². The van der Waals surface area contributed by atoms with Crippen molar-refractivity contribution in [3.63, 3.8) is 0 Å². The van der Waals surface area contributed by atoms with Gasteiger partial charge in [-0.2, -0.15) is 5.26 Å². The summed E-state index contributed by atoms with van der Waals surface area (Å²) in [5, 5.41) is 12.5. The van der Waals surface area contributed by atoms with Gasteiger partial charge in [0, 0.05) is 5.69 Å². The molecule has 0 heterocycles. The van der Waals surface area contributed by atoms with Crippen molar-refractivity contribution in [2.24, 2.45) is 0 Å². The smallest absolute Gasteiger partial charge is 0.266 e. The Morgan fingerprint density at radius 3 is 2.04 bits per heavy atom. The van der Waals surface area contributed by atoms with Crippen LogP contribution in [0, 0.1) is 11.3 Å². The summed E-state index contributed by atoms with van der Waals surface area (Å²) in [4.78, 5) is 12.7. The molecule has 0 saturated carbocycles. The summed E-state index contributed by atoms with van der Waals surface area (Å²) in [6.07, 6.45) is 3.29. The number of amides is 1. The molecule has 0 unspecified atom stereocenters. The Labute approximate surface area is 162 Å². The van der Waals surface area contributed by atoms with Gasteiger partial charge in [-0.15, -0.1) is 0 Å². The Kier molecular flexibility index (Phi) is 6.58. The Balaban J connectivity index is 2.29. The van der Waals surface area contributed by atoms with E-state index in [1.165, 1.54) is 5.56 Å². The van der Waals surface area contributed by atoms with E-state index in [2.05, 4.69) is 39.9 Å². The molecule has 2 rings (SSSR count). The molecule has 2 aromatic rings. The molecule has 0 saturated heterocycles. The van der Waals surface area contributed by atoms with Crippen molar-refractivity contribution in [2.75, 3.05) is 5.32 Å². The molecule has 0 aliphatic carbocycles. The Morgan fingerprint density at radius 2 is 1.59 bits per heavy atom. The van der Waals surface area contributed by atoms with E-state index in [9.17, 15) is 10.1 Å². The molecular weight excluding hydrogens is 332 g/mol. The highest BCUT2D eigenvalue weighted by molar-refractivity contribution is 6.10. The minimum Gasteiger partial charge on any atom is -0.321 e. The molecule has 0 radical (unpaired) electrons. The molecule has 0 bridgehead atoms. The Morgan fingerprint density at radius 1 is 1.04 bits per heavy atom. The van der Waals surface area contributed by atoms with Crippen molar-refractivity contribution in [3.05, 3.63) is 70.3 Å². The van der Waals surface area contributed by atoms with E-state index < -0.39 is 0 Å². The second kappa shape index (κ2) is 8.68. The van der Waals surface area contributed by atoms with Gasteiger partial charge >= 0.3 is 0 Å². The molecule has 27 heavy (non-hydrogen) atoms. The Bertz CT molecular complexity index is 856. The molecule has 0 aromatic heterocycles. The molecule has 0 aliphatic rings. The third-order valence-electron chi connectivity index (χ3n) is 4.69. The highest BCUT2D eigenvalue weighted by atomic mass is 16.1. The zero-order valence-corrected chi connectivity index (χ0v) is 16.9. The number of rotatable bonds is 5. The summed E-state index contributed by atoms with van der Waals surface area (Å²) in [7, 11) is 0. The predicted molar refractivity (Wildman–Crippen MR) is 113 cm³/mol. The zero-order valence-electron chi connectivity index (χ0n) is 16.9. The number of carbonyl (C=O) groups is 1. The van der Waals surface area contributed by atoms with Crippen LogP contribution in [0.2, 0.25) is 0 Å². The van der Waals surface area contributed by atoms with Crippen LogP contribution in [-0.2, 0) is 23.1 Å². The fraction of sp³-hybridized carbons (Fsp3) is 0.333. The van der Waals surface area contributed by atoms with Crippen LogP contribution in [0.5, 0.6) is 0 Å².